The number of ether oxygens (including phenoxy) is 1. The smallest absolute Gasteiger partial charge is 0.381 e. The molecule has 1 aromatic heterocycles. The summed E-state index contributed by atoms with van der Waals surface area (Å²) in [5.74, 6) is 0.0851. The van der Waals surface area contributed by atoms with Crippen molar-refractivity contribution in [3.63, 3.8) is 0 Å². The van der Waals surface area contributed by atoms with Crippen molar-refractivity contribution in [2.75, 3.05) is 12.4 Å². The SMILES string of the molecule is COC1CC(Nc2cc(C(F)(F)F)nc(Cl)n2)C1. The topological polar surface area (TPSA) is 47.0 Å². The second-order valence-corrected chi connectivity index (χ2v) is 4.41. The Morgan fingerprint density at radius 3 is 2.61 bits per heavy atom. The third-order valence-electron chi connectivity index (χ3n) is 2.77. The fourth-order valence-electron chi connectivity index (χ4n) is 1.72. The zero-order valence-corrected chi connectivity index (χ0v) is 10.2. The normalized spacial score (nSPS) is 23.6. The van der Waals surface area contributed by atoms with Gasteiger partial charge in [0.15, 0.2) is 5.69 Å². The Morgan fingerprint density at radius 2 is 2.06 bits per heavy atom. The minimum atomic E-state index is -4.53. The van der Waals surface area contributed by atoms with Crippen LogP contribution in [0.5, 0.6) is 0 Å². The van der Waals surface area contributed by atoms with Gasteiger partial charge < -0.3 is 10.1 Å². The lowest BCUT2D eigenvalue weighted by Crippen LogP contribution is -2.40. The molecular weight excluding hydrogens is 271 g/mol. The zero-order valence-electron chi connectivity index (χ0n) is 9.46. The Kier molecular flexibility index (Phi) is 3.63. The second-order valence-electron chi connectivity index (χ2n) is 4.08. The number of methoxy groups -OCH3 is 1. The number of anilines is 1. The quantitative estimate of drug-likeness (QED) is 0.866. The van der Waals surface area contributed by atoms with E-state index in [9.17, 15) is 13.2 Å². The number of alkyl halides is 3. The summed E-state index contributed by atoms with van der Waals surface area (Å²) in [7, 11) is 1.60. The number of nitrogens with one attached hydrogen (secondary N) is 1. The van der Waals surface area contributed by atoms with Gasteiger partial charge in [0.05, 0.1) is 6.10 Å². The summed E-state index contributed by atoms with van der Waals surface area (Å²) in [6, 6.07) is 0.911. The van der Waals surface area contributed by atoms with Crippen LogP contribution in [0.25, 0.3) is 0 Å². The summed E-state index contributed by atoms with van der Waals surface area (Å²) in [5.41, 5.74) is -1.05. The first-order valence-electron chi connectivity index (χ1n) is 5.29. The van der Waals surface area contributed by atoms with Crippen LogP contribution in [0.4, 0.5) is 19.0 Å². The Balaban J connectivity index is 2.07. The molecule has 0 radical (unpaired) electrons. The molecule has 0 spiro atoms. The minimum absolute atomic E-state index is 0.0574. The summed E-state index contributed by atoms with van der Waals surface area (Å²) in [6.07, 6.45) is -2.90. The first kappa shape index (κ1) is 13.4. The van der Waals surface area contributed by atoms with E-state index >= 15 is 0 Å². The van der Waals surface area contributed by atoms with E-state index in [2.05, 4.69) is 15.3 Å². The van der Waals surface area contributed by atoms with Gasteiger partial charge in [-0.25, -0.2) is 9.97 Å². The van der Waals surface area contributed by atoms with E-state index in [1.165, 1.54) is 0 Å². The van der Waals surface area contributed by atoms with E-state index < -0.39 is 17.2 Å². The van der Waals surface area contributed by atoms with Crippen LogP contribution in [-0.4, -0.2) is 29.2 Å². The van der Waals surface area contributed by atoms with E-state index in [-0.39, 0.29) is 18.0 Å². The van der Waals surface area contributed by atoms with Crippen LogP contribution in [0.3, 0.4) is 0 Å². The van der Waals surface area contributed by atoms with Crippen LogP contribution in [0.1, 0.15) is 18.5 Å². The maximum atomic E-state index is 12.5. The Morgan fingerprint density at radius 1 is 1.39 bits per heavy atom. The number of aromatic nitrogens is 2. The zero-order chi connectivity index (χ0) is 13.3. The van der Waals surface area contributed by atoms with Crippen molar-refractivity contribution < 1.29 is 17.9 Å². The highest BCUT2D eigenvalue weighted by Gasteiger charge is 2.34. The highest BCUT2D eigenvalue weighted by molar-refractivity contribution is 6.28. The van der Waals surface area contributed by atoms with Crippen LogP contribution in [0.15, 0.2) is 6.07 Å². The van der Waals surface area contributed by atoms with Crippen LogP contribution in [0.2, 0.25) is 5.28 Å². The summed E-state index contributed by atoms with van der Waals surface area (Å²) in [5, 5.41) is 2.46. The highest BCUT2D eigenvalue weighted by atomic mass is 35.5. The number of halogens is 4. The van der Waals surface area contributed by atoms with Crippen molar-refractivity contribution in [1.29, 1.82) is 0 Å². The lowest BCUT2D eigenvalue weighted by molar-refractivity contribution is -0.141. The molecule has 1 aromatic rings. The monoisotopic (exact) mass is 281 g/mol. The highest BCUT2D eigenvalue weighted by Crippen LogP contribution is 2.31. The van der Waals surface area contributed by atoms with Crippen molar-refractivity contribution in [1.82, 2.24) is 9.97 Å². The maximum Gasteiger partial charge on any atom is 0.433 e. The fraction of sp³-hybridized carbons (Fsp3) is 0.600. The Bertz CT molecular complexity index is 435. The summed E-state index contributed by atoms with van der Waals surface area (Å²) in [6.45, 7) is 0. The molecule has 1 saturated carbocycles. The van der Waals surface area contributed by atoms with E-state index in [4.69, 9.17) is 16.3 Å². The molecule has 0 unspecified atom stereocenters. The van der Waals surface area contributed by atoms with Crippen LogP contribution in [-0.2, 0) is 10.9 Å². The van der Waals surface area contributed by atoms with Crippen molar-refractivity contribution in [2.45, 2.75) is 31.2 Å². The van der Waals surface area contributed by atoms with E-state index in [1.807, 2.05) is 0 Å². The maximum absolute atomic E-state index is 12.5. The number of rotatable bonds is 3. The van der Waals surface area contributed by atoms with Gasteiger partial charge in [0.25, 0.3) is 0 Å². The molecule has 0 amide bonds. The van der Waals surface area contributed by atoms with Crippen LogP contribution >= 0.6 is 11.6 Å². The van der Waals surface area contributed by atoms with Gasteiger partial charge >= 0.3 is 6.18 Å². The first-order valence-corrected chi connectivity index (χ1v) is 5.67. The molecule has 0 aliphatic heterocycles. The van der Waals surface area contributed by atoms with Gasteiger partial charge in [-0.05, 0) is 24.4 Å². The van der Waals surface area contributed by atoms with E-state index in [0.717, 1.165) is 18.9 Å². The molecule has 1 heterocycles. The Hall–Kier alpha value is -1.08. The van der Waals surface area contributed by atoms with Crippen LogP contribution in [0, 0.1) is 0 Å². The Labute approximate surface area is 107 Å². The summed E-state index contributed by atoms with van der Waals surface area (Å²) in [4.78, 5) is 6.87. The molecule has 0 saturated heterocycles. The van der Waals surface area contributed by atoms with Gasteiger partial charge in [0.1, 0.15) is 5.82 Å². The van der Waals surface area contributed by atoms with E-state index in [1.54, 1.807) is 7.11 Å². The number of hydrogen-bond acceptors (Lipinski definition) is 4. The molecule has 1 N–H and O–H groups in total. The van der Waals surface area contributed by atoms with Crippen molar-refractivity contribution >= 4 is 17.4 Å². The number of nitrogens with zero attached hydrogens (tertiary/aromatic N) is 2. The molecule has 8 heteroatoms. The molecule has 1 aliphatic rings. The van der Waals surface area contributed by atoms with Gasteiger partial charge in [-0.15, -0.1) is 0 Å². The third kappa shape index (κ3) is 3.02. The molecule has 100 valence electrons. The largest absolute Gasteiger partial charge is 0.433 e. The van der Waals surface area contributed by atoms with Gasteiger partial charge in [0.2, 0.25) is 5.28 Å². The van der Waals surface area contributed by atoms with E-state index in [0.29, 0.717) is 0 Å². The lowest BCUT2D eigenvalue weighted by atomic mass is 9.89. The molecule has 18 heavy (non-hydrogen) atoms. The average Bonchev–Trinajstić information content (AvgIpc) is 2.20. The van der Waals surface area contributed by atoms with Crippen molar-refractivity contribution in [3.8, 4) is 0 Å². The predicted octanol–water partition coefficient (Wildman–Crippen LogP) is 2.74. The van der Waals surface area contributed by atoms with Crippen molar-refractivity contribution in [3.05, 3.63) is 17.0 Å². The molecule has 4 nitrogen and oxygen atoms in total. The molecule has 1 aliphatic carbocycles. The molecule has 0 aromatic carbocycles. The van der Waals surface area contributed by atoms with Gasteiger partial charge in [-0.2, -0.15) is 13.2 Å². The molecule has 2 rings (SSSR count). The lowest BCUT2D eigenvalue weighted by Gasteiger charge is -2.34. The molecule has 0 atom stereocenters. The standard InChI is InChI=1S/C10H11ClF3N3O/c1-18-6-2-5(3-6)15-8-4-7(10(12,13)14)16-9(11)17-8/h4-6H,2-3H2,1H3,(H,15,16,17). The molecular formula is C10H11ClF3N3O. The molecule has 1 fully saturated rings. The van der Waals surface area contributed by atoms with Gasteiger partial charge in [0, 0.05) is 19.2 Å². The predicted molar refractivity (Wildman–Crippen MR) is 59.5 cm³/mol. The van der Waals surface area contributed by atoms with Gasteiger partial charge in [-0.3, -0.25) is 0 Å². The van der Waals surface area contributed by atoms with Crippen molar-refractivity contribution in [2.24, 2.45) is 0 Å². The fourth-order valence-corrected chi connectivity index (χ4v) is 1.90. The second kappa shape index (κ2) is 4.89. The molecule has 0 bridgehead atoms. The summed E-state index contributed by atoms with van der Waals surface area (Å²) < 4.78 is 42.6. The third-order valence-corrected chi connectivity index (χ3v) is 2.94. The van der Waals surface area contributed by atoms with Crippen LogP contribution < -0.4 is 5.32 Å². The first-order chi connectivity index (χ1) is 8.38. The van der Waals surface area contributed by atoms with Gasteiger partial charge in [-0.1, -0.05) is 0 Å². The minimum Gasteiger partial charge on any atom is -0.381 e. The average molecular weight is 282 g/mol. The summed E-state index contributed by atoms with van der Waals surface area (Å²) >= 11 is 5.47. The number of hydrogen-bond donors (Lipinski definition) is 1.